The number of carbonyl (C=O) groups excluding carboxylic acids is 1. The molecule has 1 aliphatic heterocycles. The highest BCUT2D eigenvalue weighted by Crippen LogP contribution is 2.34. The number of aromatic nitrogens is 4. The number of benzene rings is 1. The number of carbonyl (C=O) groups is 1. The number of halogens is 2. The van der Waals surface area contributed by atoms with Crippen molar-refractivity contribution < 1.29 is 9.18 Å². The molecule has 2 aromatic heterocycles. The van der Waals surface area contributed by atoms with Gasteiger partial charge in [0, 0.05) is 25.1 Å². The Morgan fingerprint density at radius 3 is 2.70 bits per heavy atom. The number of nitrogens with one attached hydrogen (secondary N) is 1. The number of allylic oxidation sites excluding steroid dienone is 1. The molecule has 0 saturated carbocycles. The summed E-state index contributed by atoms with van der Waals surface area (Å²) in [4.78, 5) is 27.0. The van der Waals surface area contributed by atoms with Crippen LogP contribution in [0.5, 0.6) is 0 Å². The molecule has 3 N–H and O–H groups in total. The zero-order chi connectivity index (χ0) is 23.7. The topological polar surface area (TPSA) is 105 Å². The van der Waals surface area contributed by atoms with E-state index >= 15 is 0 Å². The number of hydrogen-bond acceptors (Lipinski definition) is 5. The fourth-order valence-corrected chi connectivity index (χ4v) is 4.14. The van der Waals surface area contributed by atoms with E-state index < -0.39 is 6.04 Å². The maximum atomic E-state index is 13.5. The fourth-order valence-electron chi connectivity index (χ4n) is 3.93. The van der Waals surface area contributed by atoms with Crippen LogP contribution in [0.1, 0.15) is 32.0 Å². The minimum Gasteiger partial charge on any atom is -0.403 e. The maximum Gasteiger partial charge on any atom is 0.252 e. The second-order valence-electron chi connectivity index (χ2n) is 8.10. The van der Waals surface area contributed by atoms with E-state index in [0.717, 1.165) is 0 Å². The molecule has 0 bridgehead atoms. The number of aromatic amines is 1. The van der Waals surface area contributed by atoms with Gasteiger partial charge < -0.3 is 15.6 Å². The van der Waals surface area contributed by atoms with Crippen LogP contribution in [0, 0.1) is 18.7 Å². The van der Waals surface area contributed by atoms with Crippen LogP contribution in [0.2, 0.25) is 5.02 Å². The Kier molecular flexibility index (Phi) is 6.33. The molecule has 1 amide bonds. The van der Waals surface area contributed by atoms with Crippen molar-refractivity contribution in [1.29, 1.82) is 0 Å². The molecule has 0 aliphatic carbocycles. The third-order valence-corrected chi connectivity index (χ3v) is 6.06. The van der Waals surface area contributed by atoms with Crippen molar-refractivity contribution in [3.05, 3.63) is 65.1 Å². The molecular weight excluding hydrogens is 445 g/mol. The lowest BCUT2D eigenvalue weighted by Crippen LogP contribution is -2.34. The van der Waals surface area contributed by atoms with Gasteiger partial charge in [0.05, 0.1) is 27.8 Å². The monoisotopic (exact) mass is 469 g/mol. The smallest absolute Gasteiger partial charge is 0.252 e. The predicted octanol–water partition coefficient (Wildman–Crippen LogP) is 4.38. The van der Waals surface area contributed by atoms with Crippen molar-refractivity contribution in [1.82, 2.24) is 24.6 Å². The molecule has 1 unspecified atom stereocenters. The molecule has 1 saturated heterocycles. The van der Waals surface area contributed by atoms with Crippen LogP contribution in [0.25, 0.3) is 11.5 Å². The summed E-state index contributed by atoms with van der Waals surface area (Å²) >= 11 is 6.51. The lowest BCUT2D eigenvalue weighted by atomic mass is 10.0. The van der Waals surface area contributed by atoms with Gasteiger partial charge in [0.25, 0.3) is 5.91 Å². The highest BCUT2D eigenvalue weighted by Gasteiger charge is 2.38. The van der Waals surface area contributed by atoms with E-state index in [2.05, 4.69) is 20.1 Å². The molecule has 3 aromatic rings. The van der Waals surface area contributed by atoms with Crippen molar-refractivity contribution in [2.45, 2.75) is 33.2 Å². The number of rotatable bonds is 6. The Hall–Kier alpha value is -3.46. The van der Waals surface area contributed by atoms with Gasteiger partial charge in [-0.15, -0.1) is 0 Å². The van der Waals surface area contributed by atoms with Crippen molar-refractivity contribution in [2.75, 3.05) is 6.54 Å². The quantitative estimate of drug-likeness (QED) is 0.522. The Bertz CT molecular complexity index is 1210. The number of H-pyrrole nitrogens is 1. The van der Waals surface area contributed by atoms with Crippen LogP contribution in [0.15, 0.2) is 53.5 Å². The number of aliphatic imine (C=N–C) groups is 1. The van der Waals surface area contributed by atoms with Gasteiger partial charge in [0.1, 0.15) is 17.6 Å². The van der Waals surface area contributed by atoms with E-state index in [1.807, 2.05) is 20.8 Å². The van der Waals surface area contributed by atoms with Crippen LogP contribution >= 0.6 is 11.6 Å². The highest BCUT2D eigenvalue weighted by molar-refractivity contribution is 6.33. The summed E-state index contributed by atoms with van der Waals surface area (Å²) in [7, 11) is 0. The average Bonchev–Trinajstić information content (AvgIpc) is 3.51. The van der Waals surface area contributed by atoms with Crippen LogP contribution in [0.3, 0.4) is 0 Å². The molecule has 1 aliphatic rings. The van der Waals surface area contributed by atoms with Gasteiger partial charge in [-0.25, -0.2) is 9.37 Å². The Labute approximate surface area is 196 Å². The van der Waals surface area contributed by atoms with Gasteiger partial charge >= 0.3 is 0 Å². The van der Waals surface area contributed by atoms with E-state index in [0.29, 0.717) is 52.3 Å². The normalized spacial score (nSPS) is 17.5. The van der Waals surface area contributed by atoms with Crippen LogP contribution in [-0.2, 0) is 4.79 Å². The van der Waals surface area contributed by atoms with E-state index in [9.17, 15) is 9.18 Å². The molecule has 1 atom stereocenters. The summed E-state index contributed by atoms with van der Waals surface area (Å²) in [5.74, 6) is 0.0325. The Balaban J connectivity index is 1.65. The molecule has 172 valence electrons. The maximum absolute atomic E-state index is 13.5. The average molecular weight is 470 g/mol. The number of imidazole rings is 1. The second kappa shape index (κ2) is 9.19. The predicted molar refractivity (Wildman–Crippen MR) is 126 cm³/mol. The molecule has 33 heavy (non-hydrogen) atoms. The highest BCUT2D eigenvalue weighted by atomic mass is 35.5. The third-order valence-electron chi connectivity index (χ3n) is 5.61. The van der Waals surface area contributed by atoms with Crippen molar-refractivity contribution in [3.63, 3.8) is 0 Å². The molecule has 1 aromatic carbocycles. The Morgan fingerprint density at radius 2 is 2.09 bits per heavy atom. The fraction of sp³-hybridized carbons (Fsp3) is 0.304. The number of likely N-dealkylation sites (tertiary alicyclic amines) is 1. The van der Waals surface area contributed by atoms with E-state index in [1.165, 1.54) is 18.3 Å². The number of nitrogens with zero attached hydrogens (tertiary/aromatic N) is 5. The third kappa shape index (κ3) is 4.28. The van der Waals surface area contributed by atoms with Gasteiger partial charge in [-0.3, -0.25) is 14.5 Å². The van der Waals surface area contributed by atoms with Crippen LogP contribution in [-0.4, -0.2) is 42.8 Å². The SMILES string of the molecule is Cc1c(Cl)c(-c2ncc[nH]2)nn1C1CCN(C(=CN)C(=Nc2ccc(F)cc2)C(C)C)C1=O. The van der Waals surface area contributed by atoms with Gasteiger partial charge in [0.2, 0.25) is 0 Å². The zero-order valence-corrected chi connectivity index (χ0v) is 19.3. The lowest BCUT2D eigenvalue weighted by molar-refractivity contribution is -0.128. The summed E-state index contributed by atoms with van der Waals surface area (Å²) in [6, 6.07) is 5.35. The molecule has 0 spiro atoms. The van der Waals surface area contributed by atoms with E-state index in [4.69, 9.17) is 17.3 Å². The standard InChI is InChI=1S/C23H25ClFN7O/c1-13(2)20(29-16-6-4-15(25)5-7-16)18(12-26)31-11-8-17(23(31)33)32-14(3)19(24)21(30-32)22-27-9-10-28-22/h4-7,9-10,12-13,17H,8,11,26H2,1-3H3,(H,27,28). The summed E-state index contributed by atoms with van der Waals surface area (Å²) in [5.41, 5.74) is 8.93. The Morgan fingerprint density at radius 1 is 1.36 bits per heavy atom. The summed E-state index contributed by atoms with van der Waals surface area (Å²) in [6.07, 6.45) is 5.25. The molecule has 0 radical (unpaired) electrons. The first-order valence-corrected chi connectivity index (χ1v) is 11.0. The largest absolute Gasteiger partial charge is 0.403 e. The first-order valence-electron chi connectivity index (χ1n) is 10.6. The molecule has 10 heteroatoms. The summed E-state index contributed by atoms with van der Waals surface area (Å²) in [5, 5.41) is 5.04. The number of nitrogens with two attached hydrogens (primary N) is 1. The summed E-state index contributed by atoms with van der Waals surface area (Å²) in [6.45, 7) is 6.22. The zero-order valence-electron chi connectivity index (χ0n) is 18.6. The molecule has 1 fully saturated rings. The van der Waals surface area contributed by atoms with Gasteiger partial charge in [-0.2, -0.15) is 5.10 Å². The number of amides is 1. The first-order chi connectivity index (χ1) is 15.8. The minimum absolute atomic E-state index is 0.0249. The molecule has 4 rings (SSSR count). The van der Waals surface area contributed by atoms with Crippen LogP contribution in [0.4, 0.5) is 10.1 Å². The van der Waals surface area contributed by atoms with Gasteiger partial charge in [-0.1, -0.05) is 25.4 Å². The van der Waals surface area contributed by atoms with Crippen LogP contribution < -0.4 is 5.73 Å². The number of hydrogen-bond donors (Lipinski definition) is 2. The molecule has 3 heterocycles. The minimum atomic E-state index is -0.527. The summed E-state index contributed by atoms with van der Waals surface area (Å²) < 4.78 is 15.0. The molecule has 8 nitrogen and oxygen atoms in total. The van der Waals surface area contributed by atoms with E-state index in [1.54, 1.807) is 34.1 Å². The van der Waals surface area contributed by atoms with Crippen molar-refractivity contribution >= 4 is 28.9 Å². The first kappa shape index (κ1) is 22.7. The second-order valence-corrected chi connectivity index (χ2v) is 8.48. The van der Waals surface area contributed by atoms with Crippen molar-refractivity contribution in [3.8, 4) is 11.5 Å². The van der Waals surface area contributed by atoms with Crippen molar-refractivity contribution in [2.24, 2.45) is 16.6 Å². The lowest BCUT2D eigenvalue weighted by Gasteiger charge is -2.23. The van der Waals surface area contributed by atoms with Gasteiger partial charge in [-0.05, 0) is 43.5 Å². The van der Waals surface area contributed by atoms with E-state index in [-0.39, 0.29) is 17.6 Å². The van der Waals surface area contributed by atoms with Gasteiger partial charge in [0.15, 0.2) is 5.82 Å². The molecular formula is C23H25ClFN7O.